The van der Waals surface area contributed by atoms with Crippen LogP contribution in [0.25, 0.3) is 10.9 Å². The highest BCUT2D eigenvalue weighted by Crippen LogP contribution is 2.46. The van der Waals surface area contributed by atoms with E-state index in [1.165, 1.54) is 18.2 Å². The number of unbranched alkanes of at least 4 members (excludes halogenated alkanes) is 1. The van der Waals surface area contributed by atoms with Crippen molar-refractivity contribution in [2.75, 3.05) is 0 Å². The molecular weight excluding hydrogens is 401 g/mol. The summed E-state index contributed by atoms with van der Waals surface area (Å²) in [5, 5.41) is 0.454. The number of aromatic nitrogens is 1. The maximum absolute atomic E-state index is 14.6. The Morgan fingerprint density at radius 3 is 2.58 bits per heavy atom. The van der Waals surface area contributed by atoms with E-state index in [1.807, 2.05) is 6.92 Å². The van der Waals surface area contributed by atoms with E-state index in [9.17, 15) is 18.0 Å². The predicted molar refractivity (Wildman–Crippen MR) is 114 cm³/mol. The summed E-state index contributed by atoms with van der Waals surface area (Å²) < 4.78 is 42.4. The molecule has 3 nitrogen and oxygen atoms in total. The summed E-state index contributed by atoms with van der Waals surface area (Å²) in [5.41, 5.74) is 1.03. The van der Waals surface area contributed by atoms with Crippen LogP contribution in [0.3, 0.4) is 0 Å². The first-order chi connectivity index (χ1) is 14.8. The maximum atomic E-state index is 14.6. The second kappa shape index (κ2) is 7.81. The molecule has 0 saturated carbocycles. The van der Waals surface area contributed by atoms with Crippen LogP contribution in [0.4, 0.5) is 13.2 Å². The molecule has 1 N–H and O–H groups in total. The van der Waals surface area contributed by atoms with Crippen LogP contribution in [0.2, 0.25) is 0 Å². The number of fused-ring (bicyclic) bond motifs is 3. The first kappa shape index (κ1) is 21.0. The molecule has 0 fully saturated rings. The highest BCUT2D eigenvalue weighted by Gasteiger charge is 2.48. The molecule has 0 aliphatic carbocycles. The zero-order chi connectivity index (χ0) is 22.3. The van der Waals surface area contributed by atoms with E-state index in [0.717, 1.165) is 24.5 Å². The summed E-state index contributed by atoms with van der Waals surface area (Å²) in [5.74, 6) is -0.0478. The van der Waals surface area contributed by atoms with Crippen molar-refractivity contribution >= 4 is 16.8 Å². The van der Waals surface area contributed by atoms with Crippen LogP contribution < -0.4 is 0 Å². The average Bonchev–Trinajstić information content (AvgIpc) is 3.11. The number of hydrogen-bond donors (Lipinski definition) is 1. The topological polar surface area (TPSA) is 36.1 Å². The second-order valence-corrected chi connectivity index (χ2v) is 8.19. The Bertz CT molecular complexity index is 1190. The molecule has 6 heteroatoms. The number of benzene rings is 2. The number of hydrogen-bond acceptors (Lipinski definition) is 1. The number of nitrogens with zero attached hydrogens (tertiary/aromatic N) is 1. The van der Waals surface area contributed by atoms with Gasteiger partial charge in [0.1, 0.15) is 23.0 Å². The standard InChI is InChI=1S/C25H23F3N2O/c1-4-6-7-18-14-20-19-12-17(27)13-21(28)23(19)29-24(20)25(3,30(18)22(31)5-2)15-8-10-16(26)11-9-15/h2,8-13,18,29H,4,6-7,14H2,1,3H3/t18-,25-/m0/s1. The summed E-state index contributed by atoms with van der Waals surface area (Å²) in [6.07, 6.45) is 8.42. The van der Waals surface area contributed by atoms with Gasteiger partial charge in [0.2, 0.25) is 0 Å². The number of aromatic amines is 1. The summed E-state index contributed by atoms with van der Waals surface area (Å²) in [6.45, 7) is 3.87. The molecule has 4 rings (SSSR count). The second-order valence-electron chi connectivity index (χ2n) is 8.19. The molecule has 1 aliphatic heterocycles. The minimum absolute atomic E-state index is 0.184. The Morgan fingerprint density at radius 2 is 1.94 bits per heavy atom. The van der Waals surface area contributed by atoms with Crippen LogP contribution in [0.1, 0.15) is 49.9 Å². The van der Waals surface area contributed by atoms with Crippen LogP contribution in [-0.2, 0) is 16.8 Å². The monoisotopic (exact) mass is 424 g/mol. The number of terminal acetylenes is 1. The number of halogens is 3. The number of amides is 1. The van der Waals surface area contributed by atoms with Gasteiger partial charge in [-0.25, -0.2) is 13.2 Å². The summed E-state index contributed by atoms with van der Waals surface area (Å²) in [6, 6.07) is 7.71. The highest BCUT2D eigenvalue weighted by atomic mass is 19.1. The van der Waals surface area contributed by atoms with Gasteiger partial charge >= 0.3 is 0 Å². The Hall–Kier alpha value is -3.20. The summed E-state index contributed by atoms with van der Waals surface area (Å²) in [4.78, 5) is 17.8. The fourth-order valence-electron chi connectivity index (χ4n) is 4.88. The number of carbonyl (C=O) groups is 1. The van der Waals surface area contributed by atoms with Crippen LogP contribution in [0.15, 0.2) is 36.4 Å². The van der Waals surface area contributed by atoms with Gasteiger partial charge in [-0.15, -0.1) is 6.42 Å². The van der Waals surface area contributed by atoms with Gasteiger partial charge in [0.25, 0.3) is 5.91 Å². The molecule has 3 aromatic rings. The zero-order valence-electron chi connectivity index (χ0n) is 17.4. The van der Waals surface area contributed by atoms with E-state index in [0.29, 0.717) is 29.5 Å². The van der Waals surface area contributed by atoms with Crippen molar-refractivity contribution in [1.82, 2.24) is 9.88 Å². The normalized spacial score (nSPS) is 20.5. The van der Waals surface area contributed by atoms with E-state index in [2.05, 4.69) is 17.8 Å². The van der Waals surface area contributed by atoms with Crippen molar-refractivity contribution in [3.8, 4) is 12.3 Å². The largest absolute Gasteiger partial charge is 0.354 e. The Kier molecular flexibility index (Phi) is 5.30. The highest BCUT2D eigenvalue weighted by molar-refractivity contribution is 5.95. The molecule has 0 bridgehead atoms. The lowest BCUT2D eigenvalue weighted by atomic mass is 9.77. The van der Waals surface area contributed by atoms with Crippen molar-refractivity contribution in [2.45, 2.75) is 51.1 Å². The lowest BCUT2D eigenvalue weighted by Gasteiger charge is -2.49. The molecule has 2 aromatic carbocycles. The molecule has 1 amide bonds. The molecule has 0 spiro atoms. The van der Waals surface area contributed by atoms with Crippen molar-refractivity contribution in [2.24, 2.45) is 0 Å². The van der Waals surface area contributed by atoms with Crippen LogP contribution in [0.5, 0.6) is 0 Å². The van der Waals surface area contributed by atoms with Crippen molar-refractivity contribution in [1.29, 1.82) is 0 Å². The fraction of sp³-hybridized carbons (Fsp3) is 0.320. The van der Waals surface area contributed by atoms with Crippen LogP contribution in [0, 0.1) is 29.8 Å². The Labute approximate surface area is 179 Å². The minimum Gasteiger partial charge on any atom is -0.354 e. The maximum Gasteiger partial charge on any atom is 0.299 e. The van der Waals surface area contributed by atoms with Gasteiger partial charge < -0.3 is 9.88 Å². The zero-order valence-corrected chi connectivity index (χ0v) is 17.4. The van der Waals surface area contributed by atoms with Crippen LogP contribution >= 0.6 is 0 Å². The lowest BCUT2D eigenvalue weighted by Crippen LogP contribution is -2.57. The van der Waals surface area contributed by atoms with E-state index in [4.69, 9.17) is 6.42 Å². The smallest absolute Gasteiger partial charge is 0.299 e. The van der Waals surface area contributed by atoms with Gasteiger partial charge in [0.05, 0.1) is 5.52 Å². The fourth-order valence-corrected chi connectivity index (χ4v) is 4.88. The molecule has 2 heterocycles. The van der Waals surface area contributed by atoms with Crippen LogP contribution in [-0.4, -0.2) is 21.8 Å². The number of rotatable bonds is 4. The lowest BCUT2D eigenvalue weighted by molar-refractivity contribution is -0.134. The molecule has 1 aliphatic rings. The van der Waals surface area contributed by atoms with Crippen molar-refractivity contribution in [3.05, 3.63) is 70.7 Å². The SMILES string of the molecule is C#CC(=O)N1[C@@H](CCCC)Cc2c([nH]c3c(F)cc(F)cc23)[C@]1(C)c1ccc(F)cc1. The third-order valence-corrected chi connectivity index (χ3v) is 6.34. The van der Waals surface area contributed by atoms with E-state index in [-0.39, 0.29) is 11.6 Å². The molecule has 2 atom stereocenters. The van der Waals surface area contributed by atoms with Crippen molar-refractivity contribution in [3.63, 3.8) is 0 Å². The van der Waals surface area contributed by atoms with Gasteiger partial charge in [-0.1, -0.05) is 31.9 Å². The first-order valence-electron chi connectivity index (χ1n) is 10.4. The molecule has 1 aromatic heterocycles. The van der Waals surface area contributed by atoms with Crippen molar-refractivity contribution < 1.29 is 18.0 Å². The number of carbonyl (C=O) groups excluding carboxylic acids is 1. The van der Waals surface area contributed by atoms with Gasteiger partial charge in [-0.05, 0) is 55.0 Å². The molecule has 0 unspecified atom stereocenters. The Morgan fingerprint density at radius 1 is 1.23 bits per heavy atom. The molecule has 0 saturated heterocycles. The predicted octanol–water partition coefficient (Wildman–Crippen LogP) is 5.43. The molecule has 160 valence electrons. The average molecular weight is 424 g/mol. The van der Waals surface area contributed by atoms with Gasteiger partial charge in [0, 0.05) is 23.2 Å². The molecule has 31 heavy (non-hydrogen) atoms. The summed E-state index contributed by atoms with van der Waals surface area (Å²) in [7, 11) is 0. The first-order valence-corrected chi connectivity index (χ1v) is 10.4. The molecular formula is C25H23F3N2O. The minimum atomic E-state index is -1.11. The number of H-pyrrole nitrogens is 1. The van der Waals surface area contributed by atoms with Gasteiger partial charge in [0.15, 0.2) is 0 Å². The van der Waals surface area contributed by atoms with E-state index in [1.54, 1.807) is 17.0 Å². The third kappa shape index (κ3) is 3.29. The van der Waals surface area contributed by atoms with E-state index < -0.39 is 28.9 Å². The number of nitrogens with one attached hydrogen (secondary N) is 1. The third-order valence-electron chi connectivity index (χ3n) is 6.34. The Balaban J connectivity index is 2.05. The quantitative estimate of drug-likeness (QED) is 0.558. The van der Waals surface area contributed by atoms with Gasteiger partial charge in [-0.2, -0.15) is 0 Å². The molecule has 0 radical (unpaired) electrons. The summed E-state index contributed by atoms with van der Waals surface area (Å²) >= 11 is 0. The van der Waals surface area contributed by atoms with Gasteiger partial charge in [-0.3, -0.25) is 4.79 Å². The van der Waals surface area contributed by atoms with E-state index >= 15 is 0 Å².